The first-order valence-electron chi connectivity index (χ1n) is 13.3. The van der Waals surface area contributed by atoms with E-state index in [1.54, 1.807) is 48.5 Å². The van der Waals surface area contributed by atoms with Gasteiger partial charge in [-0.2, -0.15) is 13.2 Å². The van der Waals surface area contributed by atoms with Gasteiger partial charge in [0.15, 0.2) is 5.82 Å². The van der Waals surface area contributed by atoms with Crippen LogP contribution in [0.3, 0.4) is 0 Å². The summed E-state index contributed by atoms with van der Waals surface area (Å²) in [7, 11) is 0. The molecule has 2 heterocycles. The fraction of sp³-hybridized carbons (Fsp3) is 0.0588. The van der Waals surface area contributed by atoms with Crippen LogP contribution in [0.5, 0.6) is 0 Å². The highest BCUT2D eigenvalue weighted by molar-refractivity contribution is 6.36. The Morgan fingerprint density at radius 2 is 1.55 bits per heavy atom. The van der Waals surface area contributed by atoms with Gasteiger partial charge >= 0.3 is 6.18 Å². The number of nitrogens with zero attached hydrogens (tertiary/aromatic N) is 2. The molecular weight excluding hydrogens is 608 g/mol. The van der Waals surface area contributed by atoms with Gasteiger partial charge in [-0.3, -0.25) is 15.0 Å². The molecule has 2 N–H and O–H groups in total. The van der Waals surface area contributed by atoms with Crippen LogP contribution in [0.4, 0.5) is 13.2 Å². The molecule has 0 amide bonds. The van der Waals surface area contributed by atoms with E-state index in [-0.39, 0.29) is 5.56 Å². The van der Waals surface area contributed by atoms with Crippen LogP contribution < -0.4 is 5.56 Å². The average Bonchev–Trinajstić information content (AvgIpc) is 3.62. The van der Waals surface area contributed by atoms with Gasteiger partial charge < -0.3 is 4.57 Å². The number of aromatic amines is 2. The molecule has 0 aliphatic heterocycles. The van der Waals surface area contributed by atoms with Gasteiger partial charge in [0.05, 0.1) is 22.0 Å². The van der Waals surface area contributed by atoms with Crippen molar-refractivity contribution >= 4 is 23.2 Å². The van der Waals surface area contributed by atoms with E-state index in [4.69, 9.17) is 28.2 Å². The van der Waals surface area contributed by atoms with Crippen molar-refractivity contribution in [2.24, 2.45) is 0 Å². The van der Waals surface area contributed by atoms with E-state index in [0.29, 0.717) is 56.1 Å². The van der Waals surface area contributed by atoms with Gasteiger partial charge in [-0.15, -0.1) is 0 Å². The van der Waals surface area contributed by atoms with E-state index in [2.05, 4.69) is 22.0 Å². The van der Waals surface area contributed by atoms with E-state index in [1.807, 2.05) is 35.0 Å². The highest BCUT2D eigenvalue weighted by Crippen LogP contribution is 2.33. The fourth-order valence-corrected chi connectivity index (χ4v) is 5.19. The molecular formula is C34H21Cl2F3N4O. The van der Waals surface area contributed by atoms with Crippen LogP contribution in [0.1, 0.15) is 22.5 Å². The van der Waals surface area contributed by atoms with Crippen LogP contribution in [-0.2, 0) is 12.7 Å². The molecule has 44 heavy (non-hydrogen) atoms. The quantitative estimate of drug-likeness (QED) is 0.188. The predicted octanol–water partition coefficient (Wildman–Crippen LogP) is 8.67. The summed E-state index contributed by atoms with van der Waals surface area (Å²) in [6.45, 7) is 0.459. The van der Waals surface area contributed by atoms with Crippen molar-refractivity contribution in [3.63, 3.8) is 0 Å². The topological polar surface area (TPSA) is 66.5 Å². The van der Waals surface area contributed by atoms with E-state index < -0.39 is 11.7 Å². The summed E-state index contributed by atoms with van der Waals surface area (Å²) >= 11 is 12.6. The van der Waals surface area contributed by atoms with Crippen molar-refractivity contribution in [2.45, 2.75) is 12.7 Å². The Morgan fingerprint density at radius 3 is 2.23 bits per heavy atom. The van der Waals surface area contributed by atoms with Crippen LogP contribution in [0.2, 0.25) is 10.0 Å². The molecule has 6 rings (SSSR count). The van der Waals surface area contributed by atoms with Gasteiger partial charge in [0.2, 0.25) is 0 Å². The fourth-order valence-electron chi connectivity index (χ4n) is 4.69. The van der Waals surface area contributed by atoms with Crippen molar-refractivity contribution in [1.29, 1.82) is 0 Å². The number of halogens is 5. The normalized spacial score (nSPS) is 11.3. The van der Waals surface area contributed by atoms with Gasteiger partial charge in [0.25, 0.3) is 5.56 Å². The molecule has 0 saturated carbocycles. The Hall–Kier alpha value is -4.97. The maximum Gasteiger partial charge on any atom is 0.416 e. The van der Waals surface area contributed by atoms with E-state index in [0.717, 1.165) is 23.3 Å². The SMILES string of the molecule is O=c1cc(-c2ccc(Cn3cc(-c4ccc(Cl)cc4Cl)nc3C#Cc3ccc(-c4cccc(C(F)(F)F)c4)cc3)cc2)[nH][nH]1. The van der Waals surface area contributed by atoms with Crippen molar-refractivity contribution < 1.29 is 13.2 Å². The molecule has 218 valence electrons. The third kappa shape index (κ3) is 6.50. The summed E-state index contributed by atoms with van der Waals surface area (Å²) in [6, 6.07) is 26.6. The molecule has 4 aromatic carbocycles. The zero-order chi connectivity index (χ0) is 30.8. The predicted molar refractivity (Wildman–Crippen MR) is 166 cm³/mol. The Labute approximate surface area is 259 Å². The minimum absolute atomic E-state index is 0.204. The molecule has 0 bridgehead atoms. The number of H-pyrrole nitrogens is 2. The summed E-state index contributed by atoms with van der Waals surface area (Å²) < 4.78 is 41.4. The highest BCUT2D eigenvalue weighted by Gasteiger charge is 2.30. The number of imidazole rings is 1. The van der Waals surface area contributed by atoms with Crippen molar-refractivity contribution in [3.8, 4) is 45.5 Å². The van der Waals surface area contributed by atoms with Crippen molar-refractivity contribution in [1.82, 2.24) is 19.7 Å². The second-order valence-corrected chi connectivity index (χ2v) is 10.8. The Bertz CT molecular complexity index is 2080. The zero-order valence-corrected chi connectivity index (χ0v) is 24.2. The number of nitrogens with one attached hydrogen (secondary N) is 2. The van der Waals surface area contributed by atoms with Crippen LogP contribution in [0, 0.1) is 11.8 Å². The number of aromatic nitrogens is 4. The smallest absolute Gasteiger partial charge is 0.319 e. The summed E-state index contributed by atoms with van der Waals surface area (Å²) in [4.78, 5) is 16.3. The molecule has 6 aromatic rings. The molecule has 0 atom stereocenters. The molecule has 0 unspecified atom stereocenters. The third-order valence-electron chi connectivity index (χ3n) is 6.92. The molecule has 0 fully saturated rings. The standard InChI is InChI=1S/C34H21Cl2F3N4O/c35-27-13-14-28(29(36)17-27)31-20-43(19-22-6-11-24(12-7-22)30-18-33(44)42-41-30)32(40-31)15-8-21-4-9-23(10-5-21)25-2-1-3-26(16-25)34(37,38)39/h1-7,9-14,16-18,20H,19H2,(H2,41,42,44). The van der Waals surface area contributed by atoms with Gasteiger partial charge in [0.1, 0.15) is 0 Å². The van der Waals surface area contributed by atoms with Crippen molar-refractivity contribution in [3.05, 3.63) is 146 Å². The largest absolute Gasteiger partial charge is 0.416 e. The summed E-state index contributed by atoms with van der Waals surface area (Å²) in [5.74, 6) is 6.75. The number of hydrogen-bond donors (Lipinski definition) is 2. The first-order chi connectivity index (χ1) is 21.1. The molecule has 0 spiro atoms. The molecule has 10 heteroatoms. The highest BCUT2D eigenvalue weighted by atomic mass is 35.5. The average molecular weight is 629 g/mol. The van der Waals surface area contributed by atoms with Gasteiger partial charge in [0, 0.05) is 35.0 Å². The number of benzene rings is 4. The molecule has 2 aromatic heterocycles. The molecule has 0 radical (unpaired) electrons. The second kappa shape index (κ2) is 12.0. The summed E-state index contributed by atoms with van der Waals surface area (Å²) in [5.41, 5.74) is 4.74. The number of hydrogen-bond acceptors (Lipinski definition) is 2. The van der Waals surface area contributed by atoms with E-state index in [1.165, 1.54) is 12.1 Å². The van der Waals surface area contributed by atoms with Crippen molar-refractivity contribution in [2.75, 3.05) is 0 Å². The van der Waals surface area contributed by atoms with Gasteiger partial charge in [-0.1, -0.05) is 77.7 Å². The lowest BCUT2D eigenvalue weighted by molar-refractivity contribution is -0.137. The lowest BCUT2D eigenvalue weighted by atomic mass is 10.0. The Morgan fingerprint density at radius 1 is 0.795 bits per heavy atom. The lowest BCUT2D eigenvalue weighted by Crippen LogP contribution is -2.04. The Balaban J connectivity index is 1.30. The minimum atomic E-state index is -4.41. The first kappa shape index (κ1) is 29.1. The van der Waals surface area contributed by atoms with Crippen LogP contribution in [0.25, 0.3) is 33.6 Å². The van der Waals surface area contributed by atoms with E-state index >= 15 is 0 Å². The minimum Gasteiger partial charge on any atom is -0.319 e. The van der Waals surface area contributed by atoms with Gasteiger partial charge in [-0.05, 0) is 70.6 Å². The molecule has 5 nitrogen and oxygen atoms in total. The second-order valence-electron chi connectivity index (χ2n) is 9.98. The molecule has 0 aliphatic rings. The van der Waals surface area contributed by atoms with E-state index in [9.17, 15) is 18.0 Å². The van der Waals surface area contributed by atoms with Crippen LogP contribution >= 0.6 is 23.2 Å². The maximum atomic E-state index is 13.2. The molecule has 0 aliphatic carbocycles. The molecule has 0 saturated heterocycles. The maximum absolute atomic E-state index is 13.2. The first-order valence-corrected chi connectivity index (χ1v) is 14.1. The number of rotatable bonds is 5. The van der Waals surface area contributed by atoms with Crippen LogP contribution in [-0.4, -0.2) is 19.7 Å². The third-order valence-corrected chi connectivity index (χ3v) is 7.47. The Kier molecular flexibility index (Phi) is 7.92. The van der Waals surface area contributed by atoms with Crippen LogP contribution in [0.15, 0.2) is 108 Å². The summed E-state index contributed by atoms with van der Waals surface area (Å²) in [5, 5.41) is 6.34. The van der Waals surface area contributed by atoms with Gasteiger partial charge in [-0.25, -0.2) is 4.98 Å². The summed E-state index contributed by atoms with van der Waals surface area (Å²) in [6.07, 6.45) is -2.55. The zero-order valence-electron chi connectivity index (χ0n) is 22.7. The number of alkyl halides is 3. The monoisotopic (exact) mass is 628 g/mol. The lowest BCUT2D eigenvalue weighted by Gasteiger charge is -2.09.